The van der Waals surface area contributed by atoms with Crippen molar-refractivity contribution in [2.75, 3.05) is 18.7 Å². The lowest BCUT2D eigenvalue weighted by Crippen LogP contribution is -1.98. The minimum atomic E-state index is 0.556. The second-order valence-electron chi connectivity index (χ2n) is 6.34. The number of nitrogens with one attached hydrogen (secondary N) is 1. The minimum absolute atomic E-state index is 0.556. The van der Waals surface area contributed by atoms with Gasteiger partial charge in [-0.3, -0.25) is 0 Å². The van der Waals surface area contributed by atoms with Crippen molar-refractivity contribution in [2.24, 2.45) is 0 Å². The molecule has 0 fully saturated rings. The number of methoxy groups -OCH3 is 1. The van der Waals surface area contributed by atoms with Gasteiger partial charge in [0, 0.05) is 34.6 Å². The number of aryl methyl sites for hydroxylation is 1. The molecule has 148 valence electrons. The summed E-state index contributed by atoms with van der Waals surface area (Å²) in [5.41, 5.74) is 5.20. The summed E-state index contributed by atoms with van der Waals surface area (Å²) in [6.07, 6.45) is 3.89. The van der Waals surface area contributed by atoms with Crippen molar-refractivity contribution < 1.29 is 4.74 Å². The van der Waals surface area contributed by atoms with Crippen LogP contribution in [-0.2, 0) is 0 Å². The second-order valence-corrected chi connectivity index (χ2v) is 9.29. The predicted octanol–water partition coefficient (Wildman–Crippen LogP) is 6.42. The van der Waals surface area contributed by atoms with Gasteiger partial charge in [0.05, 0.1) is 21.9 Å². The van der Waals surface area contributed by atoms with Crippen molar-refractivity contribution in [1.29, 1.82) is 0 Å². The Morgan fingerprint density at radius 1 is 1.14 bits per heavy atom. The fourth-order valence-corrected chi connectivity index (χ4v) is 6.02. The number of thioether (sulfide) groups is 1. The zero-order valence-corrected chi connectivity index (χ0v) is 19.0. The lowest BCUT2D eigenvalue weighted by molar-refractivity contribution is 0.415. The highest BCUT2D eigenvalue weighted by molar-refractivity contribution is 8.00. The minimum Gasteiger partial charge on any atom is -0.497 e. The topological polar surface area (TPSA) is 59.9 Å². The quantitative estimate of drug-likeness (QED) is 0.349. The molecule has 0 radical (unpaired) electrons. The van der Waals surface area contributed by atoms with Gasteiger partial charge in [-0.2, -0.15) is 0 Å². The summed E-state index contributed by atoms with van der Waals surface area (Å²) in [6, 6.07) is 9.68. The molecule has 0 bridgehead atoms. The van der Waals surface area contributed by atoms with E-state index in [0.717, 1.165) is 33.4 Å². The fourth-order valence-electron chi connectivity index (χ4n) is 2.98. The molecule has 1 aromatic carbocycles. The first-order valence-corrected chi connectivity index (χ1v) is 11.9. The smallest absolute Gasteiger partial charge is 0.227 e. The highest BCUT2D eigenvalue weighted by Crippen LogP contribution is 2.46. The van der Waals surface area contributed by atoms with E-state index in [4.69, 9.17) is 9.72 Å². The third kappa shape index (κ3) is 4.14. The molecule has 4 aromatic rings. The Morgan fingerprint density at radius 3 is 2.72 bits per heavy atom. The molecule has 5 nitrogen and oxygen atoms in total. The lowest BCUT2D eigenvalue weighted by Gasteiger charge is -2.09. The molecular weight excluding hydrogens is 420 g/mol. The molecule has 3 aromatic heterocycles. The zero-order valence-electron chi connectivity index (χ0n) is 16.5. The van der Waals surface area contributed by atoms with Crippen molar-refractivity contribution >= 4 is 46.1 Å². The molecule has 0 unspecified atom stereocenters. The second kappa shape index (κ2) is 8.52. The standard InChI is InChI=1S/C21H20N4OS3/c1-12-11-28-19(23-12)18-13(2)17(20(27-4)29-18)16-8-9-22-21(25-16)24-14-6-5-7-15(10-14)26-3/h5-11H,1-4H3,(H,22,24,25). The molecule has 0 saturated carbocycles. The summed E-state index contributed by atoms with van der Waals surface area (Å²) >= 11 is 5.20. The first kappa shape index (κ1) is 19.9. The van der Waals surface area contributed by atoms with Gasteiger partial charge in [-0.05, 0) is 43.9 Å². The molecule has 0 aliphatic carbocycles. The Morgan fingerprint density at radius 2 is 2.00 bits per heavy atom. The molecule has 4 rings (SSSR count). The van der Waals surface area contributed by atoms with Crippen molar-refractivity contribution in [2.45, 2.75) is 18.1 Å². The number of thiazole rings is 1. The normalized spacial score (nSPS) is 10.9. The number of thiophene rings is 1. The maximum atomic E-state index is 5.29. The molecule has 0 spiro atoms. The van der Waals surface area contributed by atoms with Crippen molar-refractivity contribution in [3.8, 4) is 26.9 Å². The molecule has 29 heavy (non-hydrogen) atoms. The third-order valence-corrected chi connectivity index (χ3v) is 7.88. The molecule has 0 aliphatic rings. The number of ether oxygens (including phenoxy) is 1. The number of nitrogens with zero attached hydrogens (tertiary/aromatic N) is 3. The highest BCUT2D eigenvalue weighted by atomic mass is 32.2. The van der Waals surface area contributed by atoms with Crippen molar-refractivity contribution in [3.63, 3.8) is 0 Å². The highest BCUT2D eigenvalue weighted by Gasteiger charge is 2.20. The van der Waals surface area contributed by atoms with E-state index in [1.807, 2.05) is 37.3 Å². The molecule has 0 amide bonds. The molecule has 1 N–H and O–H groups in total. The fraction of sp³-hybridized carbons (Fsp3) is 0.190. The van der Waals surface area contributed by atoms with Gasteiger partial charge in [0.1, 0.15) is 10.8 Å². The van der Waals surface area contributed by atoms with Crippen LogP contribution in [0.1, 0.15) is 11.3 Å². The number of benzene rings is 1. The Balaban J connectivity index is 1.72. The Hall–Kier alpha value is -2.42. The van der Waals surface area contributed by atoms with Crippen LogP contribution in [-0.4, -0.2) is 28.3 Å². The van der Waals surface area contributed by atoms with Crippen LogP contribution in [0.15, 0.2) is 46.1 Å². The van der Waals surface area contributed by atoms with Gasteiger partial charge < -0.3 is 10.1 Å². The first-order valence-electron chi connectivity index (χ1n) is 8.93. The summed E-state index contributed by atoms with van der Waals surface area (Å²) < 4.78 is 6.52. The van der Waals surface area contributed by atoms with E-state index in [9.17, 15) is 0 Å². The predicted molar refractivity (Wildman–Crippen MR) is 124 cm³/mol. The van der Waals surface area contributed by atoms with Gasteiger partial charge in [-0.25, -0.2) is 15.0 Å². The molecule has 3 heterocycles. The van der Waals surface area contributed by atoms with E-state index >= 15 is 0 Å². The third-order valence-electron chi connectivity index (χ3n) is 4.35. The number of rotatable bonds is 6. The monoisotopic (exact) mass is 440 g/mol. The van der Waals surface area contributed by atoms with E-state index in [-0.39, 0.29) is 0 Å². The average Bonchev–Trinajstić information content (AvgIpc) is 3.31. The van der Waals surface area contributed by atoms with Crippen molar-refractivity contribution in [1.82, 2.24) is 15.0 Å². The Kier molecular flexibility index (Phi) is 5.84. The number of anilines is 2. The van der Waals surface area contributed by atoms with E-state index in [1.165, 1.54) is 14.6 Å². The van der Waals surface area contributed by atoms with Crippen LogP contribution in [0.25, 0.3) is 21.1 Å². The largest absolute Gasteiger partial charge is 0.497 e. The van der Waals surface area contributed by atoms with Gasteiger partial charge in [0.15, 0.2) is 0 Å². The number of aromatic nitrogens is 3. The van der Waals surface area contributed by atoms with E-state index in [1.54, 1.807) is 47.7 Å². The van der Waals surface area contributed by atoms with Gasteiger partial charge in [-0.1, -0.05) is 6.07 Å². The number of hydrogen-bond acceptors (Lipinski definition) is 8. The molecule has 8 heteroatoms. The summed E-state index contributed by atoms with van der Waals surface area (Å²) in [4.78, 5) is 15.1. The molecule has 0 atom stereocenters. The molecular formula is C21H20N4OS3. The van der Waals surface area contributed by atoms with Gasteiger partial charge >= 0.3 is 0 Å². The van der Waals surface area contributed by atoms with Crippen LogP contribution in [0.3, 0.4) is 0 Å². The van der Waals surface area contributed by atoms with Gasteiger partial charge in [0.25, 0.3) is 0 Å². The van der Waals surface area contributed by atoms with E-state index in [0.29, 0.717) is 5.95 Å². The summed E-state index contributed by atoms with van der Waals surface area (Å²) in [7, 11) is 1.65. The lowest BCUT2D eigenvalue weighted by atomic mass is 10.1. The molecule has 0 saturated heterocycles. The summed E-state index contributed by atoms with van der Waals surface area (Å²) in [5.74, 6) is 1.34. The van der Waals surface area contributed by atoms with Crippen LogP contribution < -0.4 is 10.1 Å². The average molecular weight is 441 g/mol. The maximum Gasteiger partial charge on any atom is 0.227 e. The molecule has 0 aliphatic heterocycles. The number of hydrogen-bond donors (Lipinski definition) is 1. The van der Waals surface area contributed by atoms with Gasteiger partial charge in [0.2, 0.25) is 5.95 Å². The van der Waals surface area contributed by atoms with E-state index in [2.05, 4.69) is 33.8 Å². The summed E-state index contributed by atoms with van der Waals surface area (Å²) in [5, 5.41) is 6.43. The Bertz CT molecular complexity index is 1150. The first-order chi connectivity index (χ1) is 14.1. The maximum absolute atomic E-state index is 5.29. The van der Waals surface area contributed by atoms with Crippen LogP contribution >= 0.6 is 34.4 Å². The zero-order chi connectivity index (χ0) is 20.4. The van der Waals surface area contributed by atoms with E-state index < -0.39 is 0 Å². The SMILES string of the molecule is COc1cccc(Nc2nccc(-c3c(SC)sc(-c4nc(C)cs4)c3C)n2)c1. The van der Waals surface area contributed by atoms with Gasteiger partial charge in [-0.15, -0.1) is 34.4 Å². The van der Waals surface area contributed by atoms with Crippen LogP contribution in [0.4, 0.5) is 11.6 Å². The van der Waals surface area contributed by atoms with Crippen molar-refractivity contribution in [3.05, 3.63) is 53.2 Å². The van der Waals surface area contributed by atoms with Crippen LogP contribution in [0.5, 0.6) is 5.75 Å². The van der Waals surface area contributed by atoms with Crippen LogP contribution in [0.2, 0.25) is 0 Å². The Labute approximate surface area is 182 Å². The van der Waals surface area contributed by atoms with Crippen LogP contribution in [0, 0.1) is 13.8 Å². The summed E-state index contributed by atoms with van der Waals surface area (Å²) in [6.45, 7) is 4.18.